The van der Waals surface area contributed by atoms with Crippen LogP contribution in [-0.4, -0.2) is 20.7 Å². The molecule has 0 radical (unpaired) electrons. The van der Waals surface area contributed by atoms with Gasteiger partial charge in [-0.25, -0.2) is 0 Å². The molecule has 7 heteroatoms. The van der Waals surface area contributed by atoms with Crippen molar-refractivity contribution in [3.05, 3.63) is 74.5 Å². The van der Waals surface area contributed by atoms with E-state index in [1.165, 1.54) is 36.2 Å². The molecule has 32 heavy (non-hydrogen) atoms. The molecule has 5 atom stereocenters. The summed E-state index contributed by atoms with van der Waals surface area (Å²) in [5.74, 6) is 2.05. The molecule has 2 fully saturated rings. The number of benzene rings is 1. The van der Waals surface area contributed by atoms with Crippen molar-refractivity contribution in [1.82, 2.24) is 9.55 Å². The number of aromatic nitrogens is 2. The van der Waals surface area contributed by atoms with Crippen molar-refractivity contribution < 1.29 is 4.79 Å². The number of hydrogen-bond donors (Lipinski definition) is 1. The molecule has 4 unspecified atom stereocenters. The third-order valence-corrected chi connectivity index (χ3v) is 10.2. The molecule has 2 aromatic heterocycles. The van der Waals surface area contributed by atoms with Gasteiger partial charge in [-0.05, 0) is 73.3 Å². The molecule has 0 saturated heterocycles. The first kappa shape index (κ1) is 20.2. The smallest absolute Gasteiger partial charge is 0.308 e. The number of fused-ring (bicyclic) bond motifs is 6. The van der Waals surface area contributed by atoms with E-state index in [2.05, 4.69) is 16.4 Å². The standard InChI is InChI=1S/C25H25N3O2S2/c1-14-4-2-6-18(10-14)27-19(29)13-28-24-23(32-25(28)30)21(17-5-3-9-26-12-17)20-15-7-8-16(11-15)22(20)31-24/h2-6,9-10,12,15-16,20-22H,7-8,11,13H2,1H3,(H,27,29)/t15?,16?,20?,21-,22?/m0/s1. The Morgan fingerprint density at radius 2 is 2.09 bits per heavy atom. The van der Waals surface area contributed by atoms with E-state index in [1.807, 2.05) is 61.4 Å². The van der Waals surface area contributed by atoms with Crippen LogP contribution in [0.4, 0.5) is 5.69 Å². The van der Waals surface area contributed by atoms with Crippen molar-refractivity contribution in [3.63, 3.8) is 0 Å². The number of carbonyl (C=O) groups excluding carboxylic acids is 1. The van der Waals surface area contributed by atoms with Crippen LogP contribution in [0.3, 0.4) is 0 Å². The van der Waals surface area contributed by atoms with E-state index in [1.54, 1.807) is 4.57 Å². The van der Waals surface area contributed by atoms with Crippen LogP contribution in [0.1, 0.15) is 41.2 Å². The lowest BCUT2D eigenvalue weighted by Crippen LogP contribution is -2.34. The van der Waals surface area contributed by atoms with Gasteiger partial charge in [0.15, 0.2) is 0 Å². The first-order chi connectivity index (χ1) is 15.6. The van der Waals surface area contributed by atoms with E-state index in [9.17, 15) is 9.59 Å². The Morgan fingerprint density at radius 1 is 1.22 bits per heavy atom. The summed E-state index contributed by atoms with van der Waals surface area (Å²) < 4.78 is 1.71. The van der Waals surface area contributed by atoms with Gasteiger partial charge in [0, 0.05) is 34.1 Å². The highest BCUT2D eigenvalue weighted by molar-refractivity contribution is 8.00. The minimum Gasteiger partial charge on any atom is -0.325 e. The minimum atomic E-state index is -0.160. The summed E-state index contributed by atoms with van der Waals surface area (Å²) in [5, 5.41) is 4.48. The molecule has 1 aromatic carbocycles. The lowest BCUT2D eigenvalue weighted by Gasteiger charge is -2.40. The van der Waals surface area contributed by atoms with E-state index in [0.717, 1.165) is 27.1 Å². The largest absolute Gasteiger partial charge is 0.325 e. The van der Waals surface area contributed by atoms with E-state index < -0.39 is 0 Å². The molecule has 1 aliphatic heterocycles. The molecular weight excluding hydrogens is 438 g/mol. The Labute approximate surface area is 195 Å². The van der Waals surface area contributed by atoms with Crippen LogP contribution >= 0.6 is 23.1 Å². The van der Waals surface area contributed by atoms with Crippen molar-refractivity contribution >= 4 is 34.7 Å². The first-order valence-corrected chi connectivity index (χ1v) is 12.9. The molecule has 1 amide bonds. The predicted octanol–water partition coefficient (Wildman–Crippen LogP) is 4.90. The summed E-state index contributed by atoms with van der Waals surface area (Å²) in [4.78, 5) is 31.4. The van der Waals surface area contributed by atoms with Gasteiger partial charge in [-0.2, -0.15) is 0 Å². The minimum absolute atomic E-state index is 0.0388. The molecular formula is C25H25N3O2S2. The number of carbonyl (C=O) groups is 1. The first-order valence-electron chi connectivity index (χ1n) is 11.2. The number of nitrogens with zero attached hydrogens (tertiary/aromatic N) is 2. The molecule has 3 aromatic rings. The third kappa shape index (κ3) is 3.33. The summed E-state index contributed by atoms with van der Waals surface area (Å²) in [6.07, 6.45) is 7.66. The van der Waals surface area contributed by atoms with Gasteiger partial charge in [-0.3, -0.25) is 19.1 Å². The lowest BCUT2D eigenvalue weighted by atomic mass is 9.75. The van der Waals surface area contributed by atoms with E-state index >= 15 is 0 Å². The molecule has 2 aliphatic carbocycles. The number of hydrogen-bond acceptors (Lipinski definition) is 5. The summed E-state index contributed by atoms with van der Waals surface area (Å²) >= 11 is 3.19. The topological polar surface area (TPSA) is 64.0 Å². The Morgan fingerprint density at radius 3 is 2.91 bits per heavy atom. The van der Waals surface area contributed by atoms with Crippen molar-refractivity contribution in [2.24, 2.45) is 17.8 Å². The number of amides is 1. The van der Waals surface area contributed by atoms with Crippen molar-refractivity contribution in [2.45, 2.75) is 48.9 Å². The number of pyridine rings is 1. The average Bonchev–Trinajstić information content (AvgIpc) is 3.47. The second kappa shape index (κ2) is 7.89. The SMILES string of the molecule is Cc1cccc(NC(=O)Cn2c3c(sc2=O)[C@@H](c2cccnc2)C2C4CCC(C4)C2S3)c1. The molecule has 3 heterocycles. The average molecular weight is 464 g/mol. The molecule has 2 bridgehead atoms. The van der Waals surface area contributed by atoms with E-state index in [-0.39, 0.29) is 23.2 Å². The number of aryl methyl sites for hydroxylation is 1. The Bertz CT molecular complexity index is 1240. The summed E-state index contributed by atoms with van der Waals surface area (Å²) in [6.45, 7) is 2.05. The fraction of sp³-hybridized carbons (Fsp3) is 0.400. The Hall–Kier alpha value is -2.38. The lowest BCUT2D eigenvalue weighted by molar-refractivity contribution is -0.116. The molecule has 3 aliphatic rings. The molecule has 6 rings (SSSR count). The Kier molecular flexibility index (Phi) is 4.99. The fourth-order valence-corrected chi connectivity index (χ4v) is 9.24. The summed E-state index contributed by atoms with van der Waals surface area (Å²) in [5.41, 5.74) is 3.06. The highest BCUT2D eigenvalue weighted by Crippen LogP contribution is 2.63. The van der Waals surface area contributed by atoms with Crippen LogP contribution in [0.5, 0.6) is 0 Å². The molecule has 2 saturated carbocycles. The molecule has 0 spiro atoms. The maximum Gasteiger partial charge on any atom is 0.308 e. The van der Waals surface area contributed by atoms with E-state index in [4.69, 9.17) is 0 Å². The third-order valence-electron chi connectivity index (χ3n) is 7.34. The number of anilines is 1. The fourth-order valence-electron chi connectivity index (χ4n) is 6.09. The highest BCUT2D eigenvalue weighted by Gasteiger charge is 2.55. The summed E-state index contributed by atoms with van der Waals surface area (Å²) in [6, 6.07) is 11.9. The maximum absolute atomic E-state index is 13.1. The summed E-state index contributed by atoms with van der Waals surface area (Å²) in [7, 11) is 0. The predicted molar refractivity (Wildman–Crippen MR) is 128 cm³/mol. The van der Waals surface area contributed by atoms with Crippen LogP contribution in [0.15, 0.2) is 58.6 Å². The molecule has 1 N–H and O–H groups in total. The monoisotopic (exact) mass is 463 g/mol. The van der Waals surface area contributed by atoms with Crippen LogP contribution < -0.4 is 10.2 Å². The van der Waals surface area contributed by atoms with Crippen molar-refractivity contribution in [1.29, 1.82) is 0 Å². The quantitative estimate of drug-likeness (QED) is 0.598. The second-order valence-corrected chi connectivity index (χ2v) is 11.5. The van der Waals surface area contributed by atoms with Gasteiger partial charge in [0.1, 0.15) is 6.54 Å². The van der Waals surface area contributed by atoms with Gasteiger partial charge < -0.3 is 5.32 Å². The van der Waals surface area contributed by atoms with Crippen LogP contribution in [0.2, 0.25) is 0 Å². The molecule has 5 nitrogen and oxygen atoms in total. The normalized spacial score (nSPS) is 27.7. The molecule has 164 valence electrons. The van der Waals surface area contributed by atoms with Gasteiger partial charge in [0.05, 0.1) is 5.03 Å². The maximum atomic E-state index is 13.1. The number of rotatable bonds is 4. The van der Waals surface area contributed by atoms with Gasteiger partial charge in [0.2, 0.25) is 5.91 Å². The van der Waals surface area contributed by atoms with E-state index in [0.29, 0.717) is 17.1 Å². The van der Waals surface area contributed by atoms with Gasteiger partial charge in [-0.15, -0.1) is 11.8 Å². The van der Waals surface area contributed by atoms with Crippen LogP contribution in [0, 0.1) is 24.7 Å². The van der Waals surface area contributed by atoms with Crippen molar-refractivity contribution in [3.8, 4) is 0 Å². The van der Waals surface area contributed by atoms with Gasteiger partial charge >= 0.3 is 4.87 Å². The van der Waals surface area contributed by atoms with Gasteiger partial charge in [0.25, 0.3) is 0 Å². The van der Waals surface area contributed by atoms with Crippen LogP contribution in [0.25, 0.3) is 0 Å². The van der Waals surface area contributed by atoms with Crippen molar-refractivity contribution in [2.75, 3.05) is 5.32 Å². The number of nitrogens with one attached hydrogen (secondary N) is 1. The zero-order chi connectivity index (χ0) is 21.8. The Balaban J connectivity index is 1.36. The van der Waals surface area contributed by atoms with Crippen LogP contribution in [-0.2, 0) is 11.3 Å². The van der Waals surface area contributed by atoms with Gasteiger partial charge in [-0.1, -0.05) is 29.5 Å². The zero-order valence-corrected chi connectivity index (χ0v) is 19.5. The number of thiazole rings is 1. The number of thioether (sulfide) groups is 1. The highest BCUT2D eigenvalue weighted by atomic mass is 32.2. The zero-order valence-electron chi connectivity index (χ0n) is 17.9. The second-order valence-electron chi connectivity index (χ2n) is 9.30.